The Labute approximate surface area is 170 Å². The highest BCUT2D eigenvalue weighted by atomic mass is 32.2. The zero-order valence-electron chi connectivity index (χ0n) is 15.5. The van der Waals surface area contributed by atoms with Gasteiger partial charge in [-0.15, -0.1) is 13.2 Å². The molecular formula is C20H15F3N2O4S. The van der Waals surface area contributed by atoms with Crippen LogP contribution in [0.2, 0.25) is 0 Å². The van der Waals surface area contributed by atoms with E-state index >= 15 is 0 Å². The van der Waals surface area contributed by atoms with E-state index in [4.69, 9.17) is 0 Å². The van der Waals surface area contributed by atoms with Gasteiger partial charge in [-0.05, 0) is 47.5 Å². The summed E-state index contributed by atoms with van der Waals surface area (Å²) in [6.45, 7) is 0. The molecule has 0 atom stereocenters. The molecule has 2 aromatic carbocycles. The maximum Gasteiger partial charge on any atom is 0.573 e. The van der Waals surface area contributed by atoms with Crippen LogP contribution in [-0.2, 0) is 9.84 Å². The number of carbonyl (C=O) groups excluding carboxylic acids is 1. The summed E-state index contributed by atoms with van der Waals surface area (Å²) in [5.74, 6) is -0.825. The number of hydrogen-bond donors (Lipinski definition) is 1. The van der Waals surface area contributed by atoms with E-state index in [0.717, 1.165) is 12.5 Å². The third kappa shape index (κ3) is 5.57. The number of benzene rings is 2. The van der Waals surface area contributed by atoms with Crippen molar-refractivity contribution >= 4 is 21.4 Å². The summed E-state index contributed by atoms with van der Waals surface area (Å²) in [5, 5.41) is 2.53. The maximum atomic E-state index is 12.4. The van der Waals surface area contributed by atoms with Gasteiger partial charge in [-0.25, -0.2) is 13.4 Å². The lowest BCUT2D eigenvalue weighted by Crippen LogP contribution is -2.16. The van der Waals surface area contributed by atoms with Gasteiger partial charge in [0.2, 0.25) is 0 Å². The smallest absolute Gasteiger partial charge is 0.406 e. The fourth-order valence-electron chi connectivity index (χ4n) is 2.56. The monoisotopic (exact) mass is 436 g/mol. The van der Waals surface area contributed by atoms with Gasteiger partial charge in [-0.2, -0.15) is 0 Å². The van der Waals surface area contributed by atoms with Crippen LogP contribution in [0.15, 0.2) is 71.9 Å². The van der Waals surface area contributed by atoms with E-state index in [9.17, 15) is 26.4 Å². The second-order valence-electron chi connectivity index (χ2n) is 6.26. The first kappa shape index (κ1) is 21.3. The molecule has 6 nitrogen and oxygen atoms in total. The Morgan fingerprint density at radius 2 is 1.70 bits per heavy atom. The van der Waals surface area contributed by atoms with Crippen LogP contribution >= 0.6 is 0 Å². The average molecular weight is 436 g/mol. The molecule has 0 saturated heterocycles. The number of ether oxygens (including phenoxy) is 1. The molecule has 0 aliphatic heterocycles. The van der Waals surface area contributed by atoms with Crippen LogP contribution in [0.3, 0.4) is 0 Å². The number of hydrogen-bond acceptors (Lipinski definition) is 5. The Hall–Kier alpha value is -3.40. The minimum absolute atomic E-state index is 0.140. The molecule has 1 amide bonds. The summed E-state index contributed by atoms with van der Waals surface area (Å²) >= 11 is 0. The van der Waals surface area contributed by atoms with E-state index in [1.807, 2.05) is 0 Å². The third-order valence-electron chi connectivity index (χ3n) is 3.92. The van der Waals surface area contributed by atoms with Crippen molar-refractivity contribution in [1.29, 1.82) is 0 Å². The number of halogens is 3. The third-order valence-corrected chi connectivity index (χ3v) is 4.92. The highest BCUT2D eigenvalue weighted by Crippen LogP contribution is 2.28. The topological polar surface area (TPSA) is 85.4 Å². The predicted molar refractivity (Wildman–Crippen MR) is 104 cm³/mol. The Bertz CT molecular complexity index is 1160. The Morgan fingerprint density at radius 1 is 1.00 bits per heavy atom. The Balaban J connectivity index is 1.74. The number of nitrogens with one attached hydrogen (secondary N) is 1. The van der Waals surface area contributed by atoms with E-state index in [2.05, 4.69) is 15.0 Å². The summed E-state index contributed by atoms with van der Waals surface area (Å²) < 4.78 is 63.5. The molecule has 1 N–H and O–H groups in total. The molecule has 0 bridgehead atoms. The van der Waals surface area contributed by atoms with Gasteiger partial charge in [0, 0.05) is 18.1 Å². The lowest BCUT2D eigenvalue weighted by atomic mass is 10.0. The van der Waals surface area contributed by atoms with E-state index in [1.165, 1.54) is 36.4 Å². The normalized spacial score (nSPS) is 11.7. The van der Waals surface area contributed by atoms with Crippen molar-refractivity contribution in [3.8, 4) is 16.9 Å². The largest absolute Gasteiger partial charge is 0.573 e. The van der Waals surface area contributed by atoms with Crippen LogP contribution in [0.1, 0.15) is 10.4 Å². The minimum Gasteiger partial charge on any atom is -0.406 e. The lowest BCUT2D eigenvalue weighted by molar-refractivity contribution is -0.274. The molecule has 3 aromatic rings. The van der Waals surface area contributed by atoms with Gasteiger partial charge in [0.25, 0.3) is 5.91 Å². The molecule has 0 saturated carbocycles. The number of nitrogens with zero attached hydrogens (tertiary/aromatic N) is 1. The van der Waals surface area contributed by atoms with Gasteiger partial charge >= 0.3 is 6.36 Å². The number of sulfone groups is 1. The molecule has 10 heteroatoms. The molecule has 0 radical (unpaired) electrons. The maximum absolute atomic E-state index is 12.4. The van der Waals surface area contributed by atoms with Crippen LogP contribution in [0, 0.1) is 0 Å². The van der Waals surface area contributed by atoms with E-state index < -0.39 is 22.1 Å². The number of carbonyl (C=O) groups is 1. The lowest BCUT2D eigenvalue weighted by Gasteiger charge is -2.10. The number of pyridine rings is 1. The fourth-order valence-corrected chi connectivity index (χ4v) is 3.12. The van der Waals surface area contributed by atoms with Gasteiger partial charge in [0.15, 0.2) is 14.9 Å². The summed E-state index contributed by atoms with van der Waals surface area (Å²) in [6.07, 6.45) is -2.59. The van der Waals surface area contributed by atoms with Crippen molar-refractivity contribution < 1.29 is 31.1 Å². The van der Waals surface area contributed by atoms with Crippen LogP contribution in [-0.4, -0.2) is 31.9 Å². The van der Waals surface area contributed by atoms with Crippen molar-refractivity contribution in [2.24, 2.45) is 0 Å². The van der Waals surface area contributed by atoms with Gasteiger partial charge in [0.05, 0.1) is 5.56 Å². The molecule has 0 aliphatic carbocycles. The van der Waals surface area contributed by atoms with Gasteiger partial charge in [0.1, 0.15) is 5.75 Å². The zero-order valence-corrected chi connectivity index (χ0v) is 16.3. The SMILES string of the molecule is CS(=O)(=O)c1ccc(C(=O)Nc2cccc(-c3ccc(OC(F)(F)F)cc3)c2)cn1. The summed E-state index contributed by atoms with van der Waals surface area (Å²) in [4.78, 5) is 16.1. The predicted octanol–water partition coefficient (Wildman–Crippen LogP) is 4.30. The number of amides is 1. The van der Waals surface area contributed by atoms with Crippen molar-refractivity contribution in [2.45, 2.75) is 11.4 Å². The molecule has 1 heterocycles. The molecule has 1 aromatic heterocycles. The highest BCUT2D eigenvalue weighted by molar-refractivity contribution is 7.90. The molecule has 156 valence electrons. The average Bonchev–Trinajstić information content (AvgIpc) is 2.67. The number of aromatic nitrogens is 1. The van der Waals surface area contributed by atoms with Crippen molar-refractivity contribution in [1.82, 2.24) is 4.98 Å². The molecule has 3 rings (SSSR count). The van der Waals surface area contributed by atoms with Crippen LogP contribution in [0.25, 0.3) is 11.1 Å². The molecule has 30 heavy (non-hydrogen) atoms. The fraction of sp³-hybridized carbons (Fsp3) is 0.100. The number of alkyl halides is 3. The summed E-state index contributed by atoms with van der Waals surface area (Å²) in [5.41, 5.74) is 1.90. The van der Waals surface area contributed by atoms with Crippen molar-refractivity contribution in [3.63, 3.8) is 0 Å². The molecule has 0 fully saturated rings. The zero-order chi connectivity index (χ0) is 21.9. The molecule has 0 unspecified atom stereocenters. The number of anilines is 1. The van der Waals surface area contributed by atoms with E-state index in [0.29, 0.717) is 16.8 Å². The Morgan fingerprint density at radius 3 is 2.27 bits per heavy atom. The quantitative estimate of drug-likeness (QED) is 0.645. The minimum atomic E-state index is -4.76. The first-order chi connectivity index (χ1) is 14.0. The molecule has 0 aliphatic rings. The first-order valence-corrected chi connectivity index (χ1v) is 10.3. The highest BCUT2D eigenvalue weighted by Gasteiger charge is 2.30. The van der Waals surface area contributed by atoms with Crippen LogP contribution < -0.4 is 10.1 Å². The van der Waals surface area contributed by atoms with Crippen molar-refractivity contribution in [3.05, 3.63) is 72.4 Å². The van der Waals surface area contributed by atoms with Gasteiger partial charge < -0.3 is 10.1 Å². The molecule has 0 spiro atoms. The van der Waals surface area contributed by atoms with Crippen molar-refractivity contribution in [2.75, 3.05) is 11.6 Å². The Kier molecular flexibility index (Phi) is 5.79. The van der Waals surface area contributed by atoms with Crippen LogP contribution in [0.4, 0.5) is 18.9 Å². The summed E-state index contributed by atoms with van der Waals surface area (Å²) in [7, 11) is -3.47. The van der Waals surface area contributed by atoms with Gasteiger partial charge in [-0.1, -0.05) is 24.3 Å². The van der Waals surface area contributed by atoms with E-state index in [1.54, 1.807) is 24.3 Å². The van der Waals surface area contributed by atoms with Gasteiger partial charge in [-0.3, -0.25) is 4.79 Å². The summed E-state index contributed by atoms with van der Waals surface area (Å²) in [6, 6.07) is 14.6. The molecular weight excluding hydrogens is 421 g/mol. The second-order valence-corrected chi connectivity index (χ2v) is 8.23. The second kappa shape index (κ2) is 8.15. The first-order valence-electron chi connectivity index (χ1n) is 8.45. The van der Waals surface area contributed by atoms with Crippen LogP contribution in [0.5, 0.6) is 5.75 Å². The van der Waals surface area contributed by atoms with E-state index in [-0.39, 0.29) is 16.3 Å². The number of rotatable bonds is 5. The standard InChI is InChI=1S/C20H15F3N2O4S/c1-30(27,28)18-10-7-15(12-24-18)19(26)25-16-4-2-3-14(11-16)13-5-8-17(9-6-13)29-20(21,22)23/h2-12H,1H3,(H,25,26).